The largest absolute Gasteiger partial charge is 0.396 e. The van der Waals surface area contributed by atoms with Crippen molar-refractivity contribution in [3.63, 3.8) is 0 Å². The van der Waals surface area contributed by atoms with E-state index in [1.165, 1.54) is 6.07 Å². The van der Waals surface area contributed by atoms with E-state index in [1.54, 1.807) is 23.9 Å². The van der Waals surface area contributed by atoms with Crippen molar-refractivity contribution in [2.24, 2.45) is 0 Å². The number of pyridine rings is 2. The van der Waals surface area contributed by atoms with Gasteiger partial charge in [-0.3, -0.25) is 4.79 Å². The number of benzene rings is 1. The van der Waals surface area contributed by atoms with Gasteiger partial charge in [-0.15, -0.1) is 0 Å². The number of anilines is 2. The number of halogens is 2. The second-order valence-electron chi connectivity index (χ2n) is 6.59. The van der Waals surface area contributed by atoms with Crippen LogP contribution in [0.25, 0.3) is 22.0 Å². The molecule has 0 spiro atoms. The second-order valence-corrected chi connectivity index (χ2v) is 7.00. The summed E-state index contributed by atoms with van der Waals surface area (Å²) in [5.41, 5.74) is 6.87. The third-order valence-electron chi connectivity index (χ3n) is 4.48. The van der Waals surface area contributed by atoms with Crippen LogP contribution < -0.4 is 16.6 Å². The van der Waals surface area contributed by atoms with E-state index in [0.717, 1.165) is 17.0 Å². The number of ether oxygens (including phenoxy) is 1. The Labute approximate surface area is 167 Å². The molecule has 148 valence electrons. The lowest BCUT2D eigenvalue weighted by Crippen LogP contribution is -2.23. The van der Waals surface area contributed by atoms with Crippen LogP contribution in [0.2, 0.25) is 5.02 Å². The van der Waals surface area contributed by atoms with Gasteiger partial charge < -0.3 is 20.4 Å². The Bertz CT molecular complexity index is 1080. The third kappa shape index (κ3) is 3.81. The summed E-state index contributed by atoms with van der Waals surface area (Å²) in [5.74, 6) is 0.0309. The molecule has 3 aromatic rings. The molecule has 0 aliphatic carbocycles. The average Bonchev–Trinajstić information content (AvgIpc) is 2.65. The second kappa shape index (κ2) is 8.16. The molecule has 0 radical (unpaired) electrons. The van der Waals surface area contributed by atoms with E-state index in [1.807, 2.05) is 19.9 Å². The number of aryl methyl sites for hydroxylation is 1. The number of nitrogens with one attached hydrogen (secondary N) is 1. The van der Waals surface area contributed by atoms with Gasteiger partial charge in [0.1, 0.15) is 11.6 Å². The Morgan fingerprint density at radius 2 is 2.07 bits per heavy atom. The molecule has 0 saturated carbocycles. The quantitative estimate of drug-likeness (QED) is 0.609. The predicted octanol–water partition coefficient (Wildman–Crippen LogP) is 3.90. The molecule has 0 amide bonds. The van der Waals surface area contributed by atoms with Crippen molar-refractivity contribution < 1.29 is 9.13 Å². The van der Waals surface area contributed by atoms with Crippen molar-refractivity contribution in [1.82, 2.24) is 9.55 Å². The summed E-state index contributed by atoms with van der Waals surface area (Å²) in [6.07, 6.45) is 1.69. The van der Waals surface area contributed by atoms with Crippen LogP contribution in [-0.2, 0) is 11.3 Å². The lowest BCUT2D eigenvalue weighted by atomic mass is 10.0. The molecule has 6 nitrogen and oxygen atoms in total. The Kier molecular flexibility index (Phi) is 5.86. The molecule has 3 rings (SSSR count). The van der Waals surface area contributed by atoms with E-state index in [9.17, 15) is 9.18 Å². The molecule has 0 unspecified atom stereocenters. The first-order chi connectivity index (χ1) is 13.3. The first-order valence-electron chi connectivity index (χ1n) is 8.89. The minimum atomic E-state index is -0.618. The van der Waals surface area contributed by atoms with Crippen molar-refractivity contribution >= 4 is 34.0 Å². The molecule has 3 N–H and O–H groups in total. The highest BCUT2D eigenvalue weighted by Crippen LogP contribution is 2.31. The maximum Gasteiger partial charge on any atom is 0.258 e. The number of methoxy groups -OCH3 is 1. The predicted molar refractivity (Wildman–Crippen MR) is 111 cm³/mol. The first-order valence-corrected chi connectivity index (χ1v) is 9.27. The number of nitrogens with two attached hydrogens (primary N) is 1. The molecule has 1 aromatic carbocycles. The van der Waals surface area contributed by atoms with Crippen LogP contribution in [0.1, 0.15) is 13.8 Å². The molecule has 0 aliphatic heterocycles. The maximum absolute atomic E-state index is 13.7. The molecule has 2 aromatic heterocycles. The summed E-state index contributed by atoms with van der Waals surface area (Å²) >= 11 is 6.19. The van der Waals surface area contributed by atoms with E-state index in [-0.39, 0.29) is 22.3 Å². The van der Waals surface area contributed by atoms with Gasteiger partial charge >= 0.3 is 0 Å². The number of aromatic nitrogens is 2. The zero-order valence-electron chi connectivity index (χ0n) is 15.9. The molecular weight excluding hydrogens is 383 g/mol. The fourth-order valence-corrected chi connectivity index (χ4v) is 3.43. The van der Waals surface area contributed by atoms with Crippen molar-refractivity contribution in [2.45, 2.75) is 26.4 Å². The highest BCUT2D eigenvalue weighted by atomic mass is 35.5. The van der Waals surface area contributed by atoms with Crippen LogP contribution in [0.4, 0.5) is 15.9 Å². The van der Waals surface area contributed by atoms with Crippen molar-refractivity contribution in [3.8, 4) is 11.1 Å². The molecule has 2 heterocycles. The summed E-state index contributed by atoms with van der Waals surface area (Å²) in [4.78, 5) is 17.5. The van der Waals surface area contributed by atoms with Crippen LogP contribution in [-0.4, -0.2) is 29.3 Å². The Morgan fingerprint density at radius 1 is 1.32 bits per heavy atom. The topological polar surface area (TPSA) is 82.2 Å². The molecule has 0 fully saturated rings. The summed E-state index contributed by atoms with van der Waals surface area (Å²) in [6.45, 7) is 4.84. The molecule has 0 aliphatic rings. The minimum Gasteiger partial charge on any atom is -0.396 e. The minimum absolute atomic E-state index is 0.0632. The van der Waals surface area contributed by atoms with Crippen molar-refractivity contribution in [1.29, 1.82) is 0 Å². The zero-order chi connectivity index (χ0) is 20.4. The SMILES string of the molecule is CCn1c(=O)c(-c2cc(N)c(F)cc2Cl)cc2cnc(N[C@@H](C)COC)cc21. The number of nitrogen functional groups attached to an aromatic ring is 1. The van der Waals surface area contributed by atoms with E-state index >= 15 is 0 Å². The van der Waals surface area contributed by atoms with Crippen LogP contribution in [0, 0.1) is 5.82 Å². The molecule has 0 bridgehead atoms. The summed E-state index contributed by atoms with van der Waals surface area (Å²) in [5, 5.41) is 4.14. The average molecular weight is 405 g/mol. The standard InChI is InChI=1S/C20H22ClFN4O2/c1-4-26-18-8-19(25-11(2)10-28-3)24-9-12(18)5-14(20(26)27)13-6-17(23)16(22)7-15(13)21/h5-9,11H,4,10,23H2,1-3H3,(H,24,25)/t11-/m0/s1. The first kappa shape index (κ1) is 20.1. The van der Waals surface area contributed by atoms with Gasteiger partial charge in [0.2, 0.25) is 0 Å². The molecular formula is C20H22ClFN4O2. The summed E-state index contributed by atoms with van der Waals surface area (Å²) in [7, 11) is 1.63. The van der Waals surface area contributed by atoms with Crippen molar-refractivity contribution in [2.75, 3.05) is 24.8 Å². The number of hydrogen-bond donors (Lipinski definition) is 2. The van der Waals surface area contributed by atoms with Gasteiger partial charge in [0.15, 0.2) is 0 Å². The third-order valence-corrected chi connectivity index (χ3v) is 4.79. The highest BCUT2D eigenvalue weighted by Gasteiger charge is 2.16. The Morgan fingerprint density at radius 3 is 2.75 bits per heavy atom. The van der Waals surface area contributed by atoms with Gasteiger partial charge in [-0.25, -0.2) is 9.37 Å². The van der Waals surface area contributed by atoms with Crippen LogP contribution in [0.15, 0.2) is 35.3 Å². The smallest absolute Gasteiger partial charge is 0.258 e. The summed E-state index contributed by atoms with van der Waals surface area (Å²) < 4.78 is 20.4. The van der Waals surface area contributed by atoms with Gasteiger partial charge in [0, 0.05) is 48.5 Å². The van der Waals surface area contributed by atoms with E-state index in [0.29, 0.717) is 30.1 Å². The van der Waals surface area contributed by atoms with Crippen LogP contribution in [0.3, 0.4) is 0 Å². The van der Waals surface area contributed by atoms with E-state index in [4.69, 9.17) is 22.1 Å². The molecule has 1 atom stereocenters. The molecule has 8 heteroatoms. The van der Waals surface area contributed by atoms with Gasteiger partial charge in [-0.1, -0.05) is 11.6 Å². The number of fused-ring (bicyclic) bond motifs is 1. The Hall–Kier alpha value is -2.64. The number of nitrogens with zero attached hydrogens (tertiary/aromatic N) is 2. The normalized spacial score (nSPS) is 12.3. The van der Waals surface area contributed by atoms with E-state index < -0.39 is 5.82 Å². The summed E-state index contributed by atoms with van der Waals surface area (Å²) in [6, 6.07) is 6.11. The van der Waals surface area contributed by atoms with Gasteiger partial charge in [0.05, 0.1) is 22.8 Å². The van der Waals surface area contributed by atoms with Crippen LogP contribution in [0.5, 0.6) is 0 Å². The lowest BCUT2D eigenvalue weighted by molar-refractivity contribution is 0.190. The van der Waals surface area contributed by atoms with Crippen LogP contribution >= 0.6 is 11.6 Å². The zero-order valence-corrected chi connectivity index (χ0v) is 16.7. The molecule has 28 heavy (non-hydrogen) atoms. The molecule has 0 saturated heterocycles. The van der Waals surface area contributed by atoms with Crippen molar-refractivity contribution in [3.05, 3.63) is 51.7 Å². The fraction of sp³-hybridized carbons (Fsp3) is 0.300. The highest BCUT2D eigenvalue weighted by molar-refractivity contribution is 6.33. The number of rotatable bonds is 6. The Balaban J connectivity index is 2.17. The van der Waals surface area contributed by atoms with Gasteiger partial charge in [-0.2, -0.15) is 0 Å². The number of hydrogen-bond acceptors (Lipinski definition) is 5. The lowest BCUT2D eigenvalue weighted by Gasteiger charge is -2.16. The van der Waals surface area contributed by atoms with Gasteiger partial charge in [0.25, 0.3) is 5.56 Å². The van der Waals surface area contributed by atoms with E-state index in [2.05, 4.69) is 10.3 Å². The maximum atomic E-state index is 13.7. The fourth-order valence-electron chi connectivity index (χ4n) is 3.17. The monoisotopic (exact) mass is 404 g/mol. The van der Waals surface area contributed by atoms with Gasteiger partial charge in [-0.05, 0) is 32.0 Å².